The topological polar surface area (TPSA) is 88.3 Å². The second-order valence-electron chi connectivity index (χ2n) is 7.57. The number of anilines is 2. The highest BCUT2D eigenvalue weighted by molar-refractivity contribution is 7.13. The molecule has 32 heavy (non-hydrogen) atoms. The number of carbonyl (C=O) groups excluding carboxylic acids is 2. The number of carbonyl (C=O) groups is 2. The summed E-state index contributed by atoms with van der Waals surface area (Å²) in [5.41, 5.74) is 10.7. The van der Waals surface area contributed by atoms with Crippen LogP contribution in [0.3, 0.4) is 0 Å². The standard InChI is InChI=1S/C25H20N4O2S/c26-20-8-4-7-17(13-20)18-9-10-19-15-29(24(31)21(19)14-18)22(16-5-2-1-3-6-16)23(30)28-25-27-11-12-32-25/h1-14,22H,15,26H2,(H,27,28,30)/t22-/m1/s1. The number of thiazole rings is 1. The molecule has 3 N–H and O–H groups in total. The molecule has 1 atom stereocenters. The van der Waals surface area contributed by atoms with Crippen molar-refractivity contribution < 1.29 is 9.59 Å². The zero-order valence-corrected chi connectivity index (χ0v) is 17.9. The first-order chi connectivity index (χ1) is 15.6. The molecule has 0 radical (unpaired) electrons. The van der Waals surface area contributed by atoms with E-state index in [1.54, 1.807) is 16.5 Å². The van der Waals surface area contributed by atoms with Gasteiger partial charge >= 0.3 is 0 Å². The third kappa shape index (κ3) is 3.74. The van der Waals surface area contributed by atoms with Crippen LogP contribution >= 0.6 is 11.3 Å². The minimum Gasteiger partial charge on any atom is -0.399 e. The van der Waals surface area contributed by atoms with Crippen LogP contribution in [0.15, 0.2) is 84.4 Å². The first-order valence-electron chi connectivity index (χ1n) is 10.2. The number of rotatable bonds is 5. The molecule has 4 aromatic rings. The predicted octanol–water partition coefficient (Wildman–Crippen LogP) is 4.73. The number of benzene rings is 3. The second-order valence-corrected chi connectivity index (χ2v) is 8.46. The lowest BCUT2D eigenvalue weighted by molar-refractivity contribution is -0.120. The molecule has 0 fully saturated rings. The van der Waals surface area contributed by atoms with Crippen molar-refractivity contribution in [2.45, 2.75) is 12.6 Å². The Bertz CT molecular complexity index is 1290. The zero-order chi connectivity index (χ0) is 22.1. The molecule has 0 spiro atoms. The minimum atomic E-state index is -0.768. The average Bonchev–Trinajstić information content (AvgIpc) is 3.43. The Morgan fingerprint density at radius 1 is 1.03 bits per heavy atom. The van der Waals surface area contributed by atoms with Crippen LogP contribution in [0.25, 0.3) is 11.1 Å². The van der Waals surface area contributed by atoms with E-state index >= 15 is 0 Å². The highest BCUT2D eigenvalue weighted by Gasteiger charge is 2.37. The summed E-state index contributed by atoms with van der Waals surface area (Å²) in [6.45, 7) is 0.357. The van der Waals surface area contributed by atoms with Gasteiger partial charge in [0.15, 0.2) is 5.13 Å². The molecule has 6 nitrogen and oxygen atoms in total. The molecule has 0 aliphatic carbocycles. The van der Waals surface area contributed by atoms with Crippen LogP contribution in [-0.2, 0) is 11.3 Å². The van der Waals surface area contributed by atoms with Gasteiger partial charge in [-0.05, 0) is 40.5 Å². The van der Waals surface area contributed by atoms with Crippen LogP contribution in [0.4, 0.5) is 10.8 Å². The van der Waals surface area contributed by atoms with E-state index < -0.39 is 6.04 Å². The maximum absolute atomic E-state index is 13.5. The Hall–Kier alpha value is -3.97. The lowest BCUT2D eigenvalue weighted by Gasteiger charge is -2.27. The van der Waals surface area contributed by atoms with Gasteiger partial charge in [0.25, 0.3) is 11.8 Å². The van der Waals surface area contributed by atoms with E-state index in [0.29, 0.717) is 22.9 Å². The van der Waals surface area contributed by atoms with E-state index in [1.165, 1.54) is 11.3 Å². The first-order valence-corrected chi connectivity index (χ1v) is 11.0. The highest BCUT2D eigenvalue weighted by atomic mass is 32.1. The van der Waals surface area contributed by atoms with Crippen LogP contribution in [0, 0.1) is 0 Å². The number of nitrogen functional groups attached to an aromatic ring is 1. The van der Waals surface area contributed by atoms with Crippen molar-refractivity contribution in [2.24, 2.45) is 0 Å². The summed E-state index contributed by atoms with van der Waals surface area (Å²) in [4.78, 5) is 32.5. The number of nitrogens with zero attached hydrogens (tertiary/aromatic N) is 2. The summed E-state index contributed by atoms with van der Waals surface area (Å²) in [5, 5.41) is 5.15. The van der Waals surface area contributed by atoms with E-state index in [1.807, 2.05) is 72.8 Å². The smallest absolute Gasteiger partial charge is 0.255 e. The maximum atomic E-state index is 13.5. The van der Waals surface area contributed by atoms with Gasteiger partial charge < -0.3 is 10.6 Å². The number of amides is 2. The average molecular weight is 441 g/mol. The molecule has 0 saturated carbocycles. The van der Waals surface area contributed by atoms with Crippen LogP contribution in [0.1, 0.15) is 27.5 Å². The Labute approximate surface area is 189 Å². The lowest BCUT2D eigenvalue weighted by Crippen LogP contribution is -2.37. The molecule has 2 heterocycles. The van der Waals surface area contributed by atoms with Gasteiger partial charge in [0, 0.05) is 29.4 Å². The van der Waals surface area contributed by atoms with Gasteiger partial charge in [-0.1, -0.05) is 54.6 Å². The van der Waals surface area contributed by atoms with Crippen LogP contribution in [-0.4, -0.2) is 21.7 Å². The Kier molecular flexibility index (Phi) is 5.17. The van der Waals surface area contributed by atoms with Gasteiger partial charge in [0.2, 0.25) is 0 Å². The van der Waals surface area contributed by atoms with Crippen molar-refractivity contribution in [3.63, 3.8) is 0 Å². The maximum Gasteiger partial charge on any atom is 0.255 e. The van der Waals surface area contributed by atoms with Gasteiger partial charge in [-0.3, -0.25) is 14.9 Å². The molecule has 7 heteroatoms. The number of nitrogens with one attached hydrogen (secondary N) is 1. The Morgan fingerprint density at radius 3 is 2.59 bits per heavy atom. The van der Waals surface area contributed by atoms with Crippen LogP contribution in [0.2, 0.25) is 0 Å². The fourth-order valence-corrected chi connectivity index (χ4v) is 4.53. The van der Waals surface area contributed by atoms with E-state index in [2.05, 4.69) is 10.3 Å². The highest BCUT2D eigenvalue weighted by Crippen LogP contribution is 2.35. The third-order valence-corrected chi connectivity index (χ3v) is 6.19. The van der Waals surface area contributed by atoms with Crippen molar-refractivity contribution >= 4 is 34.0 Å². The van der Waals surface area contributed by atoms with E-state index in [4.69, 9.17) is 5.73 Å². The summed E-state index contributed by atoms with van der Waals surface area (Å²) in [5.74, 6) is -0.461. The van der Waals surface area contributed by atoms with Crippen LogP contribution in [0.5, 0.6) is 0 Å². The zero-order valence-electron chi connectivity index (χ0n) is 17.1. The first kappa shape index (κ1) is 20.0. The number of nitrogens with two attached hydrogens (primary N) is 1. The lowest BCUT2D eigenvalue weighted by atomic mass is 10.00. The fraction of sp³-hybridized carbons (Fsp3) is 0.0800. The summed E-state index contributed by atoms with van der Waals surface area (Å²) in [6.07, 6.45) is 1.63. The van der Waals surface area contributed by atoms with Gasteiger partial charge in [0.05, 0.1) is 0 Å². The van der Waals surface area contributed by atoms with E-state index in [-0.39, 0.29) is 11.8 Å². The van der Waals surface area contributed by atoms with Crippen molar-refractivity contribution in [2.75, 3.05) is 11.1 Å². The molecular formula is C25H20N4O2S. The quantitative estimate of drug-likeness (QED) is 0.439. The van der Waals surface area contributed by atoms with Crippen LogP contribution < -0.4 is 11.1 Å². The van der Waals surface area contributed by atoms with Gasteiger partial charge in [-0.2, -0.15) is 0 Å². The van der Waals surface area contributed by atoms with E-state index in [9.17, 15) is 9.59 Å². The normalized spacial score (nSPS) is 13.6. The second kappa shape index (κ2) is 8.28. The molecule has 1 aromatic heterocycles. The van der Waals surface area contributed by atoms with Crippen molar-refractivity contribution in [3.05, 3.63) is 101 Å². The number of hydrogen-bond acceptors (Lipinski definition) is 5. The van der Waals surface area contributed by atoms with Gasteiger partial charge in [-0.25, -0.2) is 4.98 Å². The van der Waals surface area contributed by atoms with Gasteiger partial charge in [0.1, 0.15) is 6.04 Å². The molecule has 0 unspecified atom stereocenters. The summed E-state index contributed by atoms with van der Waals surface area (Å²) < 4.78 is 0. The van der Waals surface area contributed by atoms with Crippen molar-refractivity contribution in [1.82, 2.24) is 9.88 Å². The fourth-order valence-electron chi connectivity index (χ4n) is 4.00. The summed E-state index contributed by atoms with van der Waals surface area (Å²) >= 11 is 1.34. The Morgan fingerprint density at radius 2 is 1.84 bits per heavy atom. The molecule has 5 rings (SSSR count). The molecule has 1 aliphatic heterocycles. The summed E-state index contributed by atoms with van der Waals surface area (Å²) in [7, 11) is 0. The molecule has 0 bridgehead atoms. The van der Waals surface area contributed by atoms with E-state index in [0.717, 1.165) is 22.3 Å². The number of hydrogen-bond donors (Lipinski definition) is 2. The van der Waals surface area contributed by atoms with Crippen molar-refractivity contribution in [3.8, 4) is 11.1 Å². The van der Waals surface area contributed by atoms with Gasteiger partial charge in [-0.15, -0.1) is 11.3 Å². The summed E-state index contributed by atoms with van der Waals surface area (Å²) in [6, 6.07) is 22.0. The SMILES string of the molecule is Nc1cccc(-c2ccc3c(c2)C(=O)N([C@@H](C(=O)Nc2nccs2)c2ccccc2)C3)c1. The molecule has 2 amide bonds. The molecule has 3 aromatic carbocycles. The minimum absolute atomic E-state index is 0.172. The largest absolute Gasteiger partial charge is 0.399 e. The monoisotopic (exact) mass is 440 g/mol. The molecule has 1 aliphatic rings. The molecule has 158 valence electrons. The van der Waals surface area contributed by atoms with Crippen molar-refractivity contribution in [1.29, 1.82) is 0 Å². The third-order valence-electron chi connectivity index (χ3n) is 5.50. The Balaban J connectivity index is 1.49. The number of aromatic nitrogens is 1. The molecule has 0 saturated heterocycles. The molecular weight excluding hydrogens is 420 g/mol. The predicted molar refractivity (Wildman–Crippen MR) is 126 cm³/mol. The number of fused-ring (bicyclic) bond motifs is 1.